The molecule has 0 spiro atoms. The quantitative estimate of drug-likeness (QED) is 0.677. The summed E-state index contributed by atoms with van der Waals surface area (Å²) in [7, 11) is 0. The van der Waals surface area contributed by atoms with Crippen molar-refractivity contribution in [3.63, 3.8) is 0 Å². The van der Waals surface area contributed by atoms with Crippen LogP contribution in [0.3, 0.4) is 0 Å². The van der Waals surface area contributed by atoms with Gasteiger partial charge in [0.05, 0.1) is 16.2 Å². The van der Waals surface area contributed by atoms with Gasteiger partial charge in [0.2, 0.25) is 0 Å². The molecule has 1 aromatic carbocycles. The Kier molecular flexibility index (Phi) is 3.03. The lowest BCUT2D eigenvalue weighted by atomic mass is 10.1. The second-order valence-corrected chi connectivity index (χ2v) is 4.78. The van der Waals surface area contributed by atoms with Gasteiger partial charge in [0.15, 0.2) is 11.5 Å². The van der Waals surface area contributed by atoms with E-state index in [0.29, 0.717) is 11.1 Å². The number of anilines is 1. The molecule has 2 heterocycles. The average Bonchev–Trinajstić information content (AvgIpc) is 2.93. The molecule has 3 aromatic rings. The fraction of sp³-hybridized carbons (Fsp3) is 0. The van der Waals surface area contributed by atoms with Gasteiger partial charge in [-0.25, -0.2) is 14.2 Å². The monoisotopic (exact) mass is 305 g/mol. The molecule has 0 atom stereocenters. The normalized spacial score (nSPS) is 11.0. The largest absolute Gasteiger partial charge is 0.476 e. The third kappa shape index (κ3) is 2.00. The number of pyridine rings is 1. The lowest BCUT2D eigenvalue weighted by Crippen LogP contribution is -2.08. The summed E-state index contributed by atoms with van der Waals surface area (Å²) >= 11 is 5.73. The molecular weight excluding hydrogens is 297 g/mol. The number of nitrogens with zero attached hydrogens (tertiary/aromatic N) is 1. The predicted molar refractivity (Wildman–Crippen MR) is 77.9 cm³/mol. The number of fused-ring (bicyclic) bond motifs is 1. The van der Waals surface area contributed by atoms with Crippen molar-refractivity contribution in [3.05, 3.63) is 47.0 Å². The lowest BCUT2D eigenvalue weighted by Gasteiger charge is -2.10. The summed E-state index contributed by atoms with van der Waals surface area (Å²) in [6, 6.07) is 7.00. The summed E-state index contributed by atoms with van der Waals surface area (Å²) in [5, 5.41) is 9.54. The molecule has 0 unspecified atom stereocenters. The third-order valence-corrected chi connectivity index (χ3v) is 3.54. The van der Waals surface area contributed by atoms with Crippen molar-refractivity contribution >= 4 is 34.2 Å². The van der Waals surface area contributed by atoms with Crippen molar-refractivity contribution in [2.75, 3.05) is 5.73 Å². The van der Waals surface area contributed by atoms with E-state index in [1.54, 1.807) is 18.3 Å². The molecule has 0 amide bonds. The van der Waals surface area contributed by atoms with Gasteiger partial charge >= 0.3 is 5.97 Å². The molecule has 0 fully saturated rings. The molecule has 5 nitrogen and oxygen atoms in total. The molecule has 3 rings (SSSR count). The average molecular weight is 306 g/mol. The van der Waals surface area contributed by atoms with Crippen LogP contribution in [0.15, 0.2) is 30.5 Å². The number of benzene rings is 1. The Balaban J connectivity index is 2.37. The number of aromatic nitrogens is 2. The summed E-state index contributed by atoms with van der Waals surface area (Å²) in [6.45, 7) is 0. The fourth-order valence-corrected chi connectivity index (χ4v) is 2.37. The SMILES string of the molecule is Nc1c(F)c(-c2cccc3cc[nH]c23)nc(C(=O)O)c1Cl. The first kappa shape index (κ1) is 13.4. The van der Waals surface area contributed by atoms with Crippen LogP contribution in [0.4, 0.5) is 10.1 Å². The van der Waals surface area contributed by atoms with Crippen LogP contribution in [0.1, 0.15) is 10.5 Å². The van der Waals surface area contributed by atoms with Gasteiger partial charge in [-0.15, -0.1) is 0 Å². The highest BCUT2D eigenvalue weighted by Gasteiger charge is 2.22. The highest BCUT2D eigenvalue weighted by atomic mass is 35.5. The highest BCUT2D eigenvalue weighted by molar-refractivity contribution is 6.35. The molecule has 0 saturated carbocycles. The van der Waals surface area contributed by atoms with Crippen molar-refractivity contribution in [1.82, 2.24) is 9.97 Å². The van der Waals surface area contributed by atoms with Gasteiger partial charge in [0.1, 0.15) is 5.69 Å². The number of carboxylic acid groups (broad SMARTS) is 1. The van der Waals surface area contributed by atoms with Gasteiger partial charge < -0.3 is 15.8 Å². The fourth-order valence-electron chi connectivity index (χ4n) is 2.16. The van der Waals surface area contributed by atoms with Crippen LogP contribution in [0.25, 0.3) is 22.2 Å². The van der Waals surface area contributed by atoms with Crippen LogP contribution in [0.2, 0.25) is 5.02 Å². The summed E-state index contributed by atoms with van der Waals surface area (Å²) < 4.78 is 14.3. The molecule has 2 aromatic heterocycles. The highest BCUT2D eigenvalue weighted by Crippen LogP contribution is 2.34. The third-order valence-electron chi connectivity index (χ3n) is 3.16. The molecule has 0 aliphatic carbocycles. The minimum atomic E-state index is -1.37. The molecule has 7 heteroatoms. The van der Waals surface area contributed by atoms with Gasteiger partial charge in [-0.2, -0.15) is 0 Å². The Hall–Kier alpha value is -2.60. The van der Waals surface area contributed by atoms with Crippen molar-refractivity contribution in [3.8, 4) is 11.3 Å². The van der Waals surface area contributed by atoms with Crippen LogP contribution in [0.5, 0.6) is 0 Å². The number of rotatable bonds is 2. The van der Waals surface area contributed by atoms with Gasteiger partial charge in [-0.3, -0.25) is 0 Å². The molecule has 0 aliphatic rings. The van der Waals surface area contributed by atoms with E-state index in [1.807, 2.05) is 12.1 Å². The molecule has 0 radical (unpaired) electrons. The Morgan fingerprint density at radius 3 is 2.86 bits per heavy atom. The van der Waals surface area contributed by atoms with Gasteiger partial charge in [0, 0.05) is 17.1 Å². The van der Waals surface area contributed by atoms with Crippen LogP contribution < -0.4 is 5.73 Å². The number of aromatic amines is 1. The van der Waals surface area contributed by atoms with E-state index in [-0.39, 0.29) is 5.69 Å². The van der Waals surface area contributed by atoms with Crippen LogP contribution in [-0.2, 0) is 0 Å². The zero-order chi connectivity index (χ0) is 15.1. The Labute approximate surface area is 123 Å². The molecule has 0 aliphatic heterocycles. The number of carboxylic acids is 1. The molecule has 21 heavy (non-hydrogen) atoms. The summed E-state index contributed by atoms with van der Waals surface area (Å²) in [4.78, 5) is 17.9. The minimum Gasteiger partial charge on any atom is -0.476 e. The van der Waals surface area contributed by atoms with Gasteiger partial charge in [0.25, 0.3) is 0 Å². The van der Waals surface area contributed by atoms with E-state index in [0.717, 1.165) is 5.39 Å². The second-order valence-electron chi connectivity index (χ2n) is 4.40. The van der Waals surface area contributed by atoms with E-state index in [4.69, 9.17) is 22.4 Å². The number of nitrogens with two attached hydrogens (primary N) is 1. The lowest BCUT2D eigenvalue weighted by molar-refractivity contribution is 0.0691. The number of halogens is 2. The zero-order valence-electron chi connectivity index (χ0n) is 10.5. The maximum Gasteiger partial charge on any atom is 0.356 e. The second kappa shape index (κ2) is 4.75. The number of nitrogen functional groups attached to an aromatic ring is 1. The zero-order valence-corrected chi connectivity index (χ0v) is 11.3. The molecule has 106 valence electrons. The first-order valence-corrected chi connectivity index (χ1v) is 6.32. The Morgan fingerprint density at radius 1 is 1.38 bits per heavy atom. The van der Waals surface area contributed by atoms with Crippen LogP contribution >= 0.6 is 11.6 Å². The van der Waals surface area contributed by atoms with Gasteiger partial charge in [-0.05, 0) is 6.07 Å². The molecular formula is C14H9ClFN3O2. The van der Waals surface area contributed by atoms with E-state index in [1.165, 1.54) is 0 Å². The first-order valence-electron chi connectivity index (χ1n) is 5.95. The maximum absolute atomic E-state index is 14.3. The van der Waals surface area contributed by atoms with E-state index < -0.39 is 28.2 Å². The summed E-state index contributed by atoms with van der Waals surface area (Å²) in [5.41, 5.74) is 5.56. The first-order chi connectivity index (χ1) is 10.0. The molecule has 4 N–H and O–H groups in total. The van der Waals surface area contributed by atoms with Crippen LogP contribution in [0, 0.1) is 5.82 Å². The van der Waals surface area contributed by atoms with Crippen molar-refractivity contribution in [2.45, 2.75) is 0 Å². The summed E-state index contributed by atoms with van der Waals surface area (Å²) in [5.74, 6) is -2.21. The predicted octanol–water partition coefficient (Wildman–Crippen LogP) is 3.30. The number of aromatic carboxylic acids is 1. The number of H-pyrrole nitrogens is 1. The van der Waals surface area contributed by atoms with E-state index in [9.17, 15) is 9.18 Å². The standard InChI is InChI=1S/C14H9ClFN3O2/c15-8-10(17)9(16)12(19-13(8)14(20)21)7-3-1-2-6-4-5-18-11(6)7/h1-5,18H,(H2,17,19)(H,20,21). The minimum absolute atomic E-state index is 0.151. The number of hydrogen-bond donors (Lipinski definition) is 3. The van der Waals surface area contributed by atoms with Crippen LogP contribution in [-0.4, -0.2) is 21.0 Å². The maximum atomic E-state index is 14.3. The number of nitrogens with one attached hydrogen (secondary N) is 1. The summed E-state index contributed by atoms with van der Waals surface area (Å²) in [6.07, 6.45) is 1.70. The molecule has 0 saturated heterocycles. The topological polar surface area (TPSA) is 92.0 Å². The number of para-hydroxylation sites is 1. The number of hydrogen-bond acceptors (Lipinski definition) is 3. The van der Waals surface area contributed by atoms with E-state index in [2.05, 4.69) is 9.97 Å². The smallest absolute Gasteiger partial charge is 0.356 e. The van der Waals surface area contributed by atoms with Gasteiger partial charge in [-0.1, -0.05) is 29.8 Å². The van der Waals surface area contributed by atoms with Crippen molar-refractivity contribution < 1.29 is 14.3 Å². The Bertz CT molecular complexity index is 876. The Morgan fingerprint density at radius 2 is 2.14 bits per heavy atom. The van der Waals surface area contributed by atoms with Crippen molar-refractivity contribution in [1.29, 1.82) is 0 Å². The number of carbonyl (C=O) groups is 1. The van der Waals surface area contributed by atoms with Crippen molar-refractivity contribution in [2.24, 2.45) is 0 Å². The van der Waals surface area contributed by atoms with E-state index >= 15 is 0 Å². The molecule has 0 bridgehead atoms.